The van der Waals surface area contributed by atoms with Gasteiger partial charge in [0, 0.05) is 18.5 Å². The average Bonchev–Trinajstić information content (AvgIpc) is 2.94. The van der Waals surface area contributed by atoms with E-state index in [9.17, 15) is 9.59 Å². The van der Waals surface area contributed by atoms with Gasteiger partial charge >= 0.3 is 11.7 Å². The number of anilines is 1. The van der Waals surface area contributed by atoms with E-state index < -0.39 is 5.97 Å². The Morgan fingerprint density at radius 3 is 2.96 bits per heavy atom. The van der Waals surface area contributed by atoms with Crippen molar-refractivity contribution in [2.24, 2.45) is 0 Å². The smallest absolute Gasteiger partial charge is 0.343 e. The first-order valence-corrected chi connectivity index (χ1v) is 9.18. The number of para-hydroxylation sites is 2. The molecule has 0 aliphatic rings. The minimum Gasteiger partial charge on any atom is -0.462 e. The summed E-state index contributed by atoms with van der Waals surface area (Å²) < 4.78 is 6.61. The molecule has 0 amide bonds. The maximum Gasteiger partial charge on any atom is 0.343 e. The predicted molar refractivity (Wildman–Crippen MR) is 100 cm³/mol. The lowest BCUT2D eigenvalue weighted by Crippen LogP contribution is -2.17. The summed E-state index contributed by atoms with van der Waals surface area (Å²) in [6.45, 7) is 2.58. The molecule has 0 radical (unpaired) electrons. The van der Waals surface area contributed by atoms with Crippen LogP contribution in [0.1, 0.15) is 23.7 Å². The van der Waals surface area contributed by atoms with Gasteiger partial charge in [0.25, 0.3) is 0 Å². The number of nitrogens with one attached hydrogen (secondary N) is 1. The summed E-state index contributed by atoms with van der Waals surface area (Å²) >= 11 is 1.42. The van der Waals surface area contributed by atoms with Gasteiger partial charge in [-0.1, -0.05) is 23.9 Å². The number of hydrogen-bond acceptors (Lipinski definition) is 7. The number of carbonyl (C=O) groups is 1. The van der Waals surface area contributed by atoms with E-state index >= 15 is 0 Å². The van der Waals surface area contributed by atoms with Gasteiger partial charge in [0.1, 0.15) is 11.4 Å². The zero-order chi connectivity index (χ0) is 18.5. The molecule has 0 spiro atoms. The lowest BCUT2D eigenvalue weighted by atomic mass is 10.3. The summed E-state index contributed by atoms with van der Waals surface area (Å²) in [6.07, 6.45) is 2.14. The van der Waals surface area contributed by atoms with Gasteiger partial charge in [-0.25, -0.2) is 19.6 Å². The number of esters is 1. The first-order chi connectivity index (χ1) is 12.6. The van der Waals surface area contributed by atoms with Crippen molar-refractivity contribution in [1.82, 2.24) is 19.5 Å². The second-order valence-electron chi connectivity index (χ2n) is 5.47. The van der Waals surface area contributed by atoms with Gasteiger partial charge in [-0.3, -0.25) is 4.57 Å². The second-order valence-corrected chi connectivity index (χ2v) is 6.53. The van der Waals surface area contributed by atoms with Gasteiger partial charge in [0.2, 0.25) is 0 Å². The number of fused-ring (bicyclic) bond motifs is 1. The topological polar surface area (TPSA) is 116 Å². The molecule has 3 aromatic rings. The van der Waals surface area contributed by atoms with Crippen LogP contribution >= 0.6 is 11.8 Å². The highest BCUT2D eigenvalue weighted by atomic mass is 32.2. The number of carbonyl (C=O) groups excluding carboxylic acids is 1. The minimum atomic E-state index is -0.528. The van der Waals surface area contributed by atoms with E-state index in [2.05, 4.69) is 15.0 Å². The Bertz CT molecular complexity index is 982. The Morgan fingerprint density at radius 2 is 2.19 bits per heavy atom. The average molecular weight is 373 g/mol. The molecular formula is C17H19N5O3S. The standard InChI is InChI=1S/C17H19N5O3S/c1-2-25-15(23)11-10-19-16(21-14(11)18)26-9-5-8-22-13-7-4-3-6-12(13)20-17(22)24/h3-4,6-7,10H,2,5,8-9H2,1H3,(H,20,24)(H2,18,19,21). The number of benzene rings is 1. The molecule has 0 saturated heterocycles. The maximum absolute atomic E-state index is 12.0. The Hall–Kier alpha value is -2.81. The van der Waals surface area contributed by atoms with Crippen molar-refractivity contribution < 1.29 is 9.53 Å². The Morgan fingerprint density at radius 1 is 1.38 bits per heavy atom. The van der Waals surface area contributed by atoms with Crippen LogP contribution in [0.3, 0.4) is 0 Å². The number of aryl methyl sites for hydroxylation is 1. The van der Waals surface area contributed by atoms with Crippen LogP contribution in [0.15, 0.2) is 40.4 Å². The normalized spacial score (nSPS) is 11.0. The fourth-order valence-electron chi connectivity index (χ4n) is 2.53. The van der Waals surface area contributed by atoms with Gasteiger partial charge in [-0.2, -0.15) is 0 Å². The SMILES string of the molecule is CCOC(=O)c1cnc(SCCCn2c(=O)[nH]c3ccccc32)nc1N. The molecule has 9 heteroatoms. The number of H-pyrrole nitrogens is 1. The number of ether oxygens (including phenoxy) is 1. The van der Waals surface area contributed by atoms with Crippen molar-refractivity contribution in [3.63, 3.8) is 0 Å². The van der Waals surface area contributed by atoms with Gasteiger partial charge in [-0.15, -0.1) is 0 Å². The van der Waals surface area contributed by atoms with Crippen LogP contribution in [0.4, 0.5) is 5.82 Å². The molecule has 0 bridgehead atoms. The van der Waals surface area contributed by atoms with Gasteiger partial charge in [0.15, 0.2) is 5.16 Å². The lowest BCUT2D eigenvalue weighted by molar-refractivity contribution is 0.0526. The largest absolute Gasteiger partial charge is 0.462 e. The molecular weight excluding hydrogens is 354 g/mol. The van der Waals surface area contributed by atoms with Crippen LogP contribution < -0.4 is 11.4 Å². The minimum absolute atomic E-state index is 0.105. The summed E-state index contributed by atoms with van der Waals surface area (Å²) in [5.74, 6) is 0.290. The van der Waals surface area contributed by atoms with E-state index in [4.69, 9.17) is 10.5 Å². The number of imidazole rings is 1. The van der Waals surface area contributed by atoms with Crippen LogP contribution in [0.25, 0.3) is 11.0 Å². The monoisotopic (exact) mass is 373 g/mol. The molecule has 1 aromatic carbocycles. The molecule has 3 N–H and O–H groups in total. The predicted octanol–water partition coefficient (Wildman–Crippen LogP) is 2.06. The number of aromatic nitrogens is 4. The van der Waals surface area contributed by atoms with E-state index in [1.54, 1.807) is 11.5 Å². The lowest BCUT2D eigenvalue weighted by Gasteiger charge is -2.06. The highest BCUT2D eigenvalue weighted by Crippen LogP contribution is 2.18. The highest BCUT2D eigenvalue weighted by Gasteiger charge is 2.13. The highest BCUT2D eigenvalue weighted by molar-refractivity contribution is 7.99. The van der Waals surface area contributed by atoms with Gasteiger partial charge in [0.05, 0.1) is 17.6 Å². The summed E-state index contributed by atoms with van der Waals surface area (Å²) in [5.41, 5.74) is 7.57. The zero-order valence-electron chi connectivity index (χ0n) is 14.3. The van der Waals surface area contributed by atoms with Crippen LogP contribution in [0, 0.1) is 0 Å². The van der Waals surface area contributed by atoms with Gasteiger partial charge in [-0.05, 0) is 25.5 Å². The van der Waals surface area contributed by atoms with E-state index in [1.165, 1.54) is 18.0 Å². The Balaban J connectivity index is 1.58. The third-order valence-corrected chi connectivity index (χ3v) is 4.68. The van der Waals surface area contributed by atoms with Crippen LogP contribution in [0.2, 0.25) is 0 Å². The fourth-order valence-corrected chi connectivity index (χ4v) is 3.27. The summed E-state index contributed by atoms with van der Waals surface area (Å²) in [4.78, 5) is 34.8. The van der Waals surface area contributed by atoms with Gasteiger partial charge < -0.3 is 15.5 Å². The molecule has 0 atom stereocenters. The van der Waals surface area contributed by atoms with Crippen molar-refractivity contribution in [3.05, 3.63) is 46.5 Å². The first-order valence-electron chi connectivity index (χ1n) is 8.20. The van der Waals surface area contributed by atoms with Crippen molar-refractivity contribution >= 4 is 34.6 Å². The van der Waals surface area contributed by atoms with Crippen LogP contribution in [-0.2, 0) is 11.3 Å². The number of thioether (sulfide) groups is 1. The van der Waals surface area contributed by atoms with E-state index in [1.807, 2.05) is 24.3 Å². The molecule has 2 heterocycles. The fraction of sp³-hybridized carbons (Fsp3) is 0.294. The molecule has 136 valence electrons. The Labute approximate surface area is 153 Å². The first kappa shape index (κ1) is 18.0. The summed E-state index contributed by atoms with van der Waals surface area (Å²) in [6, 6.07) is 7.59. The van der Waals surface area contributed by atoms with Crippen molar-refractivity contribution in [1.29, 1.82) is 0 Å². The van der Waals surface area contributed by atoms with Crippen LogP contribution in [0.5, 0.6) is 0 Å². The van der Waals surface area contributed by atoms with E-state index in [0.717, 1.165) is 17.5 Å². The van der Waals surface area contributed by atoms with Crippen molar-refractivity contribution in [2.75, 3.05) is 18.1 Å². The maximum atomic E-state index is 12.0. The van der Waals surface area contributed by atoms with Crippen LogP contribution in [-0.4, -0.2) is 37.8 Å². The third kappa shape index (κ3) is 3.88. The number of nitrogens with zero attached hydrogens (tertiary/aromatic N) is 3. The third-order valence-electron chi connectivity index (χ3n) is 3.73. The molecule has 26 heavy (non-hydrogen) atoms. The molecule has 0 fully saturated rings. The quantitative estimate of drug-likeness (QED) is 0.282. The molecule has 0 unspecified atom stereocenters. The molecule has 3 rings (SSSR count). The molecule has 0 saturated carbocycles. The van der Waals surface area contributed by atoms with Crippen molar-refractivity contribution in [3.8, 4) is 0 Å². The number of nitrogens with two attached hydrogens (primary N) is 1. The summed E-state index contributed by atoms with van der Waals surface area (Å²) in [7, 11) is 0. The zero-order valence-corrected chi connectivity index (χ0v) is 15.1. The number of nitrogen functional groups attached to an aromatic ring is 1. The number of rotatable bonds is 7. The summed E-state index contributed by atoms with van der Waals surface area (Å²) in [5, 5.41) is 0.488. The Kier molecular flexibility index (Phi) is 5.57. The number of hydrogen-bond donors (Lipinski definition) is 2. The molecule has 2 aromatic heterocycles. The molecule has 0 aliphatic carbocycles. The molecule has 8 nitrogen and oxygen atoms in total. The second kappa shape index (κ2) is 8.05. The number of aromatic amines is 1. The van der Waals surface area contributed by atoms with Crippen molar-refractivity contribution in [2.45, 2.75) is 25.0 Å². The molecule has 0 aliphatic heterocycles. The van der Waals surface area contributed by atoms with E-state index in [-0.39, 0.29) is 23.7 Å². The van der Waals surface area contributed by atoms with E-state index in [0.29, 0.717) is 17.5 Å².